The second-order valence-corrected chi connectivity index (χ2v) is 7.24. The minimum atomic E-state index is -0.0248. The van der Waals surface area contributed by atoms with Gasteiger partial charge < -0.3 is 15.2 Å². The van der Waals surface area contributed by atoms with Crippen molar-refractivity contribution in [3.63, 3.8) is 0 Å². The molecule has 0 radical (unpaired) electrons. The van der Waals surface area contributed by atoms with Crippen molar-refractivity contribution >= 4 is 30.7 Å². The normalized spacial score (nSPS) is 15.7. The van der Waals surface area contributed by atoms with Gasteiger partial charge in [-0.15, -0.1) is 24.8 Å². The van der Waals surface area contributed by atoms with Crippen molar-refractivity contribution in [3.05, 3.63) is 66.0 Å². The highest BCUT2D eigenvalue weighted by atomic mass is 35.5. The van der Waals surface area contributed by atoms with Gasteiger partial charge >= 0.3 is 0 Å². The summed E-state index contributed by atoms with van der Waals surface area (Å²) in [6, 6.07) is 10.2. The highest BCUT2D eigenvalue weighted by molar-refractivity contribution is 5.85. The number of carbonyl (C=O) groups excluding carboxylic acids is 1. The maximum absolute atomic E-state index is 12.4. The number of amides is 1. The molecule has 0 aliphatic carbocycles. The first-order chi connectivity index (χ1) is 13.7. The van der Waals surface area contributed by atoms with Gasteiger partial charge in [0.05, 0.1) is 0 Å². The zero-order valence-corrected chi connectivity index (χ0v) is 18.6. The molecule has 0 spiro atoms. The number of aryl methyl sites for hydroxylation is 1. The number of aromatic nitrogens is 4. The Kier molecular flexibility index (Phi) is 8.89. The number of carbonyl (C=O) groups is 1. The van der Waals surface area contributed by atoms with Gasteiger partial charge in [-0.2, -0.15) is 5.10 Å². The Hall–Kier alpha value is -2.35. The van der Waals surface area contributed by atoms with Crippen LogP contribution in [-0.4, -0.2) is 38.3 Å². The Bertz CT molecular complexity index is 931. The molecule has 1 amide bonds. The van der Waals surface area contributed by atoms with Gasteiger partial charge in [0, 0.05) is 49.0 Å². The van der Waals surface area contributed by atoms with Crippen molar-refractivity contribution in [2.75, 3.05) is 13.1 Å². The number of hydrogen-bond acceptors (Lipinski definition) is 4. The van der Waals surface area contributed by atoms with Gasteiger partial charge in [0.15, 0.2) is 0 Å². The molecule has 30 heavy (non-hydrogen) atoms. The van der Waals surface area contributed by atoms with Crippen LogP contribution in [0.2, 0.25) is 0 Å². The second-order valence-electron chi connectivity index (χ2n) is 7.24. The Morgan fingerprint density at radius 1 is 1.20 bits per heavy atom. The van der Waals surface area contributed by atoms with E-state index in [0.29, 0.717) is 12.5 Å². The third-order valence-electron chi connectivity index (χ3n) is 5.29. The molecule has 1 saturated heterocycles. The van der Waals surface area contributed by atoms with E-state index in [1.54, 1.807) is 12.4 Å². The Morgan fingerprint density at radius 3 is 2.67 bits per heavy atom. The molecule has 1 unspecified atom stereocenters. The molecule has 1 aliphatic rings. The fraction of sp³-hybridized carbons (Fsp3) is 0.381. The summed E-state index contributed by atoms with van der Waals surface area (Å²) in [5, 5.41) is 10.8. The van der Waals surface area contributed by atoms with Crippen molar-refractivity contribution in [1.29, 1.82) is 0 Å². The van der Waals surface area contributed by atoms with E-state index in [4.69, 9.17) is 0 Å². The predicted molar refractivity (Wildman–Crippen MR) is 122 cm³/mol. The molecule has 2 N–H and O–H groups in total. The lowest BCUT2D eigenvalue weighted by atomic mass is 9.96. The molecule has 1 fully saturated rings. The molecule has 0 saturated carbocycles. The topological polar surface area (TPSA) is 76.8 Å². The first-order valence-corrected chi connectivity index (χ1v) is 9.79. The number of nitrogens with zero attached hydrogens (tertiary/aromatic N) is 4. The van der Waals surface area contributed by atoms with Crippen LogP contribution in [0.1, 0.15) is 35.8 Å². The van der Waals surface area contributed by atoms with Crippen LogP contribution >= 0.6 is 24.8 Å². The number of benzene rings is 1. The van der Waals surface area contributed by atoms with Gasteiger partial charge in [0.1, 0.15) is 12.4 Å². The van der Waals surface area contributed by atoms with Crippen LogP contribution in [0.15, 0.2) is 48.9 Å². The molecule has 1 aliphatic heterocycles. The lowest BCUT2D eigenvalue weighted by molar-refractivity contribution is -0.122. The molecule has 3 heterocycles. The Balaban J connectivity index is 0.00000160. The minimum absolute atomic E-state index is 0. The van der Waals surface area contributed by atoms with Crippen LogP contribution in [0, 0.1) is 6.92 Å². The van der Waals surface area contributed by atoms with Gasteiger partial charge in [-0.3, -0.25) is 9.48 Å². The lowest BCUT2D eigenvalue weighted by Crippen LogP contribution is -2.32. The zero-order valence-electron chi connectivity index (χ0n) is 17.0. The maximum atomic E-state index is 12.4. The summed E-state index contributed by atoms with van der Waals surface area (Å²) in [6.45, 7) is 4.76. The van der Waals surface area contributed by atoms with Crippen LogP contribution in [0.3, 0.4) is 0 Å². The van der Waals surface area contributed by atoms with Crippen molar-refractivity contribution in [2.24, 2.45) is 0 Å². The largest absolute Gasteiger partial charge is 0.350 e. The van der Waals surface area contributed by atoms with Gasteiger partial charge in [-0.05, 0) is 50.1 Å². The number of hydrogen-bond donors (Lipinski definition) is 2. The first-order valence-electron chi connectivity index (χ1n) is 9.79. The van der Waals surface area contributed by atoms with E-state index in [1.807, 2.05) is 52.7 Å². The molecule has 162 valence electrons. The van der Waals surface area contributed by atoms with Crippen LogP contribution < -0.4 is 10.6 Å². The van der Waals surface area contributed by atoms with E-state index in [0.717, 1.165) is 48.7 Å². The standard InChI is InChI=1S/C21H26N6O.2ClH/c1-16-23-11-12-26(16)19-6-4-17(5-7-19)13-24-21(28)15-27-20(8-10-25-27)18-3-2-9-22-14-18;;/h4-8,10-12,18,22H,2-3,9,13-15H2,1H3,(H,24,28);2*1H. The molecule has 7 nitrogen and oxygen atoms in total. The summed E-state index contributed by atoms with van der Waals surface area (Å²) in [5.74, 6) is 1.36. The SMILES string of the molecule is Cc1nccn1-c1ccc(CNC(=O)Cn2nccc2C2CCCNC2)cc1.Cl.Cl. The highest BCUT2D eigenvalue weighted by Crippen LogP contribution is 2.22. The predicted octanol–water partition coefficient (Wildman–Crippen LogP) is 3.00. The fourth-order valence-corrected chi connectivity index (χ4v) is 3.74. The molecular formula is C21H28Cl2N6O. The molecule has 4 rings (SSSR count). The number of halogens is 2. The molecule has 2 aromatic heterocycles. The first kappa shape index (κ1) is 23.9. The molecule has 0 bridgehead atoms. The maximum Gasteiger partial charge on any atom is 0.242 e. The second kappa shape index (κ2) is 11.2. The smallest absolute Gasteiger partial charge is 0.242 e. The van der Waals surface area contributed by atoms with E-state index in [2.05, 4.69) is 20.7 Å². The van der Waals surface area contributed by atoms with Gasteiger partial charge in [0.2, 0.25) is 5.91 Å². The monoisotopic (exact) mass is 450 g/mol. The van der Waals surface area contributed by atoms with Crippen LogP contribution in [0.5, 0.6) is 0 Å². The summed E-state index contributed by atoms with van der Waals surface area (Å²) >= 11 is 0. The molecule has 1 aromatic carbocycles. The van der Waals surface area contributed by atoms with Crippen molar-refractivity contribution in [3.8, 4) is 5.69 Å². The number of rotatable bonds is 6. The molecule has 9 heteroatoms. The van der Waals surface area contributed by atoms with Crippen molar-refractivity contribution < 1.29 is 4.79 Å². The summed E-state index contributed by atoms with van der Waals surface area (Å²) in [5.41, 5.74) is 3.27. The third-order valence-corrected chi connectivity index (χ3v) is 5.29. The Morgan fingerprint density at radius 2 is 2.00 bits per heavy atom. The van der Waals surface area contributed by atoms with E-state index in [9.17, 15) is 4.79 Å². The van der Waals surface area contributed by atoms with Crippen molar-refractivity contribution in [1.82, 2.24) is 30.0 Å². The summed E-state index contributed by atoms with van der Waals surface area (Å²) in [4.78, 5) is 16.7. The average molecular weight is 451 g/mol. The lowest BCUT2D eigenvalue weighted by Gasteiger charge is -2.23. The number of piperidine rings is 1. The van der Waals surface area contributed by atoms with E-state index in [-0.39, 0.29) is 37.3 Å². The minimum Gasteiger partial charge on any atom is -0.350 e. The van der Waals surface area contributed by atoms with Crippen LogP contribution in [-0.2, 0) is 17.9 Å². The number of nitrogens with one attached hydrogen (secondary N) is 2. The average Bonchev–Trinajstić information content (AvgIpc) is 3.36. The van der Waals surface area contributed by atoms with Gasteiger partial charge in [-0.25, -0.2) is 4.98 Å². The highest BCUT2D eigenvalue weighted by Gasteiger charge is 2.19. The van der Waals surface area contributed by atoms with E-state index in [1.165, 1.54) is 0 Å². The zero-order chi connectivity index (χ0) is 19.3. The summed E-state index contributed by atoms with van der Waals surface area (Å²) in [7, 11) is 0. The van der Waals surface area contributed by atoms with Crippen molar-refractivity contribution in [2.45, 2.75) is 38.8 Å². The van der Waals surface area contributed by atoms with Crippen LogP contribution in [0.4, 0.5) is 0 Å². The van der Waals surface area contributed by atoms with E-state index >= 15 is 0 Å². The molecular weight excluding hydrogens is 423 g/mol. The number of imidazole rings is 1. The summed E-state index contributed by atoms with van der Waals surface area (Å²) in [6.07, 6.45) is 7.82. The van der Waals surface area contributed by atoms with Crippen LogP contribution in [0.25, 0.3) is 5.69 Å². The quantitative estimate of drug-likeness (QED) is 0.604. The van der Waals surface area contributed by atoms with E-state index < -0.39 is 0 Å². The molecule has 3 aromatic rings. The summed E-state index contributed by atoms with van der Waals surface area (Å²) < 4.78 is 3.86. The molecule has 1 atom stereocenters. The third kappa shape index (κ3) is 5.62. The van der Waals surface area contributed by atoms with Gasteiger partial charge in [-0.1, -0.05) is 12.1 Å². The Labute approximate surface area is 189 Å². The van der Waals surface area contributed by atoms with Gasteiger partial charge in [0.25, 0.3) is 0 Å². The fourth-order valence-electron chi connectivity index (χ4n) is 3.74.